The van der Waals surface area contributed by atoms with Gasteiger partial charge in [0.2, 0.25) is 0 Å². The minimum absolute atomic E-state index is 0.132. The van der Waals surface area contributed by atoms with E-state index in [4.69, 9.17) is 5.73 Å². The molecule has 1 atom stereocenters. The minimum atomic E-state index is 0.132. The molecule has 2 rings (SSSR count). The minimum Gasteiger partial charge on any atom is -0.371 e. The van der Waals surface area contributed by atoms with Crippen molar-refractivity contribution < 1.29 is 0 Å². The first-order chi connectivity index (χ1) is 8.20. The molecule has 0 radical (unpaired) electrons. The molecule has 0 amide bonds. The maximum atomic E-state index is 5.88. The summed E-state index contributed by atoms with van der Waals surface area (Å²) in [7, 11) is 0. The lowest BCUT2D eigenvalue weighted by Gasteiger charge is -2.24. The molecular weight excluding hydrogens is 208 g/mol. The third-order valence-corrected chi connectivity index (χ3v) is 3.45. The van der Waals surface area contributed by atoms with Gasteiger partial charge in [-0.25, -0.2) is 0 Å². The van der Waals surface area contributed by atoms with E-state index >= 15 is 0 Å². The van der Waals surface area contributed by atoms with Gasteiger partial charge in [0.15, 0.2) is 0 Å². The fourth-order valence-electron chi connectivity index (χ4n) is 2.20. The van der Waals surface area contributed by atoms with E-state index in [2.05, 4.69) is 36.1 Å². The molecule has 0 bridgehead atoms. The number of rotatable bonds is 6. The highest BCUT2D eigenvalue weighted by atomic mass is 15.1. The molecule has 2 heteroatoms. The van der Waals surface area contributed by atoms with Crippen LogP contribution in [0.4, 0.5) is 5.69 Å². The molecule has 2 nitrogen and oxygen atoms in total. The van der Waals surface area contributed by atoms with Gasteiger partial charge < -0.3 is 10.6 Å². The van der Waals surface area contributed by atoms with Gasteiger partial charge in [-0.3, -0.25) is 0 Å². The van der Waals surface area contributed by atoms with Crippen molar-refractivity contribution in [2.45, 2.75) is 39.2 Å². The van der Waals surface area contributed by atoms with Crippen LogP contribution in [-0.4, -0.2) is 13.1 Å². The van der Waals surface area contributed by atoms with Crippen LogP contribution in [0, 0.1) is 5.92 Å². The van der Waals surface area contributed by atoms with Gasteiger partial charge in [0, 0.05) is 24.8 Å². The van der Waals surface area contributed by atoms with E-state index in [1.165, 1.54) is 37.1 Å². The van der Waals surface area contributed by atoms with E-state index in [1.54, 1.807) is 0 Å². The molecule has 1 fully saturated rings. The van der Waals surface area contributed by atoms with Crippen LogP contribution in [0.3, 0.4) is 0 Å². The molecule has 1 saturated carbocycles. The van der Waals surface area contributed by atoms with Crippen molar-refractivity contribution in [3.05, 3.63) is 29.8 Å². The van der Waals surface area contributed by atoms with Crippen molar-refractivity contribution in [1.29, 1.82) is 0 Å². The average molecular weight is 232 g/mol. The number of hydrogen-bond acceptors (Lipinski definition) is 2. The number of nitrogens with two attached hydrogens (primary N) is 1. The predicted molar refractivity (Wildman–Crippen MR) is 74.3 cm³/mol. The van der Waals surface area contributed by atoms with Gasteiger partial charge in [0.05, 0.1) is 0 Å². The number of nitrogens with zero attached hydrogens (tertiary/aromatic N) is 1. The Kier molecular flexibility index (Phi) is 4.06. The van der Waals surface area contributed by atoms with Gasteiger partial charge in [-0.05, 0) is 49.8 Å². The second-order valence-corrected chi connectivity index (χ2v) is 5.27. The lowest BCUT2D eigenvalue weighted by atomic mass is 10.1. The summed E-state index contributed by atoms with van der Waals surface area (Å²) in [5, 5.41) is 0. The van der Waals surface area contributed by atoms with Crippen LogP contribution in [-0.2, 0) is 0 Å². The van der Waals surface area contributed by atoms with Crippen molar-refractivity contribution in [2.24, 2.45) is 11.7 Å². The lowest BCUT2D eigenvalue weighted by molar-refractivity contribution is 0.707. The van der Waals surface area contributed by atoms with Crippen LogP contribution in [0.15, 0.2) is 24.3 Å². The average Bonchev–Trinajstić information content (AvgIpc) is 3.13. The number of anilines is 1. The molecular formula is C15H24N2. The van der Waals surface area contributed by atoms with E-state index < -0.39 is 0 Å². The molecule has 0 saturated heterocycles. The molecule has 17 heavy (non-hydrogen) atoms. The van der Waals surface area contributed by atoms with Crippen molar-refractivity contribution in [3.63, 3.8) is 0 Å². The number of hydrogen-bond donors (Lipinski definition) is 1. The summed E-state index contributed by atoms with van der Waals surface area (Å²) < 4.78 is 0. The summed E-state index contributed by atoms with van der Waals surface area (Å²) in [5.74, 6) is 0.939. The smallest absolute Gasteiger partial charge is 0.0366 e. The summed E-state index contributed by atoms with van der Waals surface area (Å²) in [6.45, 7) is 6.67. The fraction of sp³-hybridized carbons (Fsp3) is 0.600. The molecule has 2 N–H and O–H groups in total. The monoisotopic (exact) mass is 232 g/mol. The Morgan fingerprint density at radius 1 is 1.29 bits per heavy atom. The van der Waals surface area contributed by atoms with Crippen molar-refractivity contribution >= 4 is 5.69 Å². The summed E-state index contributed by atoms with van der Waals surface area (Å²) >= 11 is 0. The third-order valence-electron chi connectivity index (χ3n) is 3.45. The molecule has 1 aliphatic carbocycles. The van der Waals surface area contributed by atoms with Gasteiger partial charge in [-0.2, -0.15) is 0 Å². The second-order valence-electron chi connectivity index (χ2n) is 5.27. The molecule has 1 unspecified atom stereocenters. The van der Waals surface area contributed by atoms with Gasteiger partial charge in [-0.15, -0.1) is 0 Å². The summed E-state index contributed by atoms with van der Waals surface area (Å²) in [4.78, 5) is 2.52. The summed E-state index contributed by atoms with van der Waals surface area (Å²) in [5.41, 5.74) is 8.44. The molecule has 0 heterocycles. The Morgan fingerprint density at radius 2 is 1.94 bits per heavy atom. The van der Waals surface area contributed by atoms with E-state index in [-0.39, 0.29) is 6.04 Å². The Morgan fingerprint density at radius 3 is 2.41 bits per heavy atom. The van der Waals surface area contributed by atoms with Crippen LogP contribution in [0.2, 0.25) is 0 Å². The quantitative estimate of drug-likeness (QED) is 0.815. The predicted octanol–water partition coefficient (Wildman–Crippen LogP) is 3.33. The van der Waals surface area contributed by atoms with E-state index in [0.29, 0.717) is 0 Å². The summed E-state index contributed by atoms with van der Waals surface area (Å²) in [6, 6.07) is 8.89. The van der Waals surface area contributed by atoms with Gasteiger partial charge >= 0.3 is 0 Å². The van der Waals surface area contributed by atoms with Crippen molar-refractivity contribution in [3.8, 4) is 0 Å². The topological polar surface area (TPSA) is 29.3 Å². The molecule has 94 valence electrons. The van der Waals surface area contributed by atoms with Crippen LogP contribution in [0.1, 0.15) is 44.7 Å². The molecule has 1 aliphatic rings. The Bertz CT molecular complexity index is 338. The van der Waals surface area contributed by atoms with E-state index in [9.17, 15) is 0 Å². The van der Waals surface area contributed by atoms with Gasteiger partial charge in [-0.1, -0.05) is 19.1 Å². The van der Waals surface area contributed by atoms with Crippen molar-refractivity contribution in [1.82, 2.24) is 0 Å². The van der Waals surface area contributed by atoms with Crippen LogP contribution < -0.4 is 10.6 Å². The highest BCUT2D eigenvalue weighted by molar-refractivity contribution is 5.48. The highest BCUT2D eigenvalue weighted by Crippen LogP contribution is 2.31. The van der Waals surface area contributed by atoms with Gasteiger partial charge in [0.1, 0.15) is 0 Å². The molecule has 0 aliphatic heterocycles. The lowest BCUT2D eigenvalue weighted by Crippen LogP contribution is -2.26. The summed E-state index contributed by atoms with van der Waals surface area (Å²) in [6.07, 6.45) is 4.04. The molecule has 1 aromatic rings. The maximum absolute atomic E-state index is 5.88. The maximum Gasteiger partial charge on any atom is 0.0366 e. The first kappa shape index (κ1) is 12.4. The zero-order chi connectivity index (χ0) is 12.3. The van der Waals surface area contributed by atoms with Crippen LogP contribution in [0.25, 0.3) is 0 Å². The zero-order valence-electron chi connectivity index (χ0n) is 11.0. The Labute approximate surface area is 105 Å². The van der Waals surface area contributed by atoms with Crippen LogP contribution >= 0.6 is 0 Å². The second kappa shape index (κ2) is 5.54. The molecule has 0 aromatic heterocycles. The first-order valence-corrected chi connectivity index (χ1v) is 6.81. The Balaban J connectivity index is 2.05. The standard InChI is InChI=1S/C15H24N2/c1-3-10-17(11-13-4-5-13)15-8-6-14(7-9-15)12(2)16/h6-9,12-13H,3-5,10-11,16H2,1-2H3. The first-order valence-electron chi connectivity index (χ1n) is 6.81. The van der Waals surface area contributed by atoms with E-state index in [1.807, 2.05) is 6.92 Å². The molecule has 1 aromatic carbocycles. The van der Waals surface area contributed by atoms with Crippen molar-refractivity contribution in [2.75, 3.05) is 18.0 Å². The zero-order valence-corrected chi connectivity index (χ0v) is 11.0. The Hall–Kier alpha value is -1.02. The SMILES string of the molecule is CCCN(CC1CC1)c1ccc(C(C)N)cc1. The largest absolute Gasteiger partial charge is 0.371 e. The van der Waals surface area contributed by atoms with Gasteiger partial charge in [0.25, 0.3) is 0 Å². The van der Waals surface area contributed by atoms with Crippen LogP contribution in [0.5, 0.6) is 0 Å². The molecule has 0 spiro atoms. The van der Waals surface area contributed by atoms with E-state index in [0.717, 1.165) is 12.5 Å². The fourth-order valence-corrected chi connectivity index (χ4v) is 2.20. The highest BCUT2D eigenvalue weighted by Gasteiger charge is 2.24. The normalized spacial score (nSPS) is 16.9. The third kappa shape index (κ3) is 3.47. The number of benzene rings is 1.